The van der Waals surface area contributed by atoms with Gasteiger partial charge in [-0.15, -0.1) is 11.3 Å². The van der Waals surface area contributed by atoms with Crippen LogP contribution in [0.3, 0.4) is 0 Å². The van der Waals surface area contributed by atoms with Crippen LogP contribution in [0.2, 0.25) is 0 Å². The number of benzene rings is 1. The monoisotopic (exact) mass is 465 g/mol. The maximum absolute atomic E-state index is 13.5. The van der Waals surface area contributed by atoms with Crippen molar-refractivity contribution in [3.63, 3.8) is 0 Å². The summed E-state index contributed by atoms with van der Waals surface area (Å²) in [7, 11) is -3.76. The number of carbonyl (C=O) groups is 1. The fourth-order valence-electron chi connectivity index (χ4n) is 3.71. The molecule has 0 aliphatic carbocycles. The fourth-order valence-corrected chi connectivity index (χ4v) is 6.06. The van der Waals surface area contributed by atoms with Crippen molar-refractivity contribution in [1.82, 2.24) is 9.62 Å². The summed E-state index contributed by atoms with van der Waals surface area (Å²) in [6.45, 7) is 4.16. The van der Waals surface area contributed by atoms with Gasteiger partial charge in [-0.05, 0) is 36.1 Å². The van der Waals surface area contributed by atoms with Gasteiger partial charge in [0.25, 0.3) is 5.91 Å². The molecule has 8 nitrogen and oxygen atoms in total. The molecule has 2 aromatic rings. The first kappa shape index (κ1) is 22.2. The average Bonchev–Trinajstić information content (AvgIpc) is 3.33. The van der Waals surface area contributed by atoms with E-state index in [1.807, 2.05) is 22.4 Å². The van der Waals surface area contributed by atoms with Crippen molar-refractivity contribution in [3.05, 3.63) is 46.2 Å². The van der Waals surface area contributed by atoms with Crippen molar-refractivity contribution in [2.24, 2.45) is 0 Å². The molecular formula is C21H27N3O5S2. The van der Waals surface area contributed by atoms with Crippen LogP contribution in [0, 0.1) is 0 Å². The van der Waals surface area contributed by atoms with E-state index in [0.717, 1.165) is 6.42 Å². The lowest BCUT2D eigenvalue weighted by molar-refractivity contribution is 0.0730. The third-order valence-electron chi connectivity index (χ3n) is 5.40. The summed E-state index contributed by atoms with van der Waals surface area (Å²) in [5.74, 6) is -0.275. The Morgan fingerprint density at radius 3 is 2.42 bits per heavy atom. The van der Waals surface area contributed by atoms with Gasteiger partial charge in [0, 0.05) is 43.2 Å². The average molecular weight is 466 g/mol. The van der Waals surface area contributed by atoms with Gasteiger partial charge < -0.3 is 19.7 Å². The van der Waals surface area contributed by atoms with Crippen molar-refractivity contribution < 1.29 is 22.7 Å². The lowest BCUT2D eigenvalue weighted by atomic mass is 10.1. The van der Waals surface area contributed by atoms with Crippen molar-refractivity contribution in [3.8, 4) is 0 Å². The fraction of sp³-hybridized carbons (Fsp3) is 0.476. The molecule has 3 heterocycles. The van der Waals surface area contributed by atoms with E-state index in [2.05, 4.69) is 5.32 Å². The second-order valence-electron chi connectivity index (χ2n) is 7.38. The molecule has 0 radical (unpaired) electrons. The van der Waals surface area contributed by atoms with E-state index < -0.39 is 10.0 Å². The standard InChI is InChI=1S/C21H27N3O5S2/c25-21(22-6-5-18-2-1-15-30-18)17-3-4-19(23-7-11-28-12-8-23)20(16-17)31(26,27)24-9-13-29-14-10-24/h1-4,15-16H,5-14H2,(H,22,25). The Labute approximate surface area is 186 Å². The molecule has 1 amide bonds. The van der Waals surface area contributed by atoms with Gasteiger partial charge in [0.2, 0.25) is 10.0 Å². The van der Waals surface area contributed by atoms with Gasteiger partial charge in [0.05, 0.1) is 32.1 Å². The van der Waals surface area contributed by atoms with E-state index in [0.29, 0.717) is 70.4 Å². The number of carbonyl (C=O) groups excluding carboxylic acids is 1. The molecule has 0 bridgehead atoms. The van der Waals surface area contributed by atoms with E-state index in [-0.39, 0.29) is 10.8 Å². The summed E-state index contributed by atoms with van der Waals surface area (Å²) in [6, 6.07) is 8.96. The first-order chi connectivity index (χ1) is 15.1. The molecule has 1 aromatic heterocycles. The molecule has 10 heteroatoms. The quantitative estimate of drug-likeness (QED) is 0.668. The number of amides is 1. The van der Waals surface area contributed by atoms with Gasteiger partial charge in [0.15, 0.2) is 0 Å². The van der Waals surface area contributed by atoms with Crippen molar-refractivity contribution >= 4 is 33.0 Å². The highest BCUT2D eigenvalue weighted by atomic mass is 32.2. The minimum absolute atomic E-state index is 0.169. The smallest absolute Gasteiger partial charge is 0.251 e. The molecule has 0 atom stereocenters. The molecule has 0 spiro atoms. The van der Waals surface area contributed by atoms with Crippen LogP contribution in [0.1, 0.15) is 15.2 Å². The number of nitrogens with zero attached hydrogens (tertiary/aromatic N) is 2. The predicted molar refractivity (Wildman–Crippen MR) is 119 cm³/mol. The van der Waals surface area contributed by atoms with Crippen LogP contribution in [0.25, 0.3) is 0 Å². The van der Waals surface area contributed by atoms with Crippen LogP contribution >= 0.6 is 11.3 Å². The lowest BCUT2D eigenvalue weighted by Crippen LogP contribution is -2.42. The molecular weight excluding hydrogens is 438 g/mol. The highest BCUT2D eigenvalue weighted by Crippen LogP contribution is 2.30. The second kappa shape index (κ2) is 10.1. The van der Waals surface area contributed by atoms with E-state index in [1.165, 1.54) is 15.2 Å². The van der Waals surface area contributed by atoms with Gasteiger partial charge in [-0.2, -0.15) is 4.31 Å². The summed E-state index contributed by atoms with van der Waals surface area (Å²) in [5, 5.41) is 4.90. The van der Waals surface area contributed by atoms with Gasteiger partial charge in [0.1, 0.15) is 4.90 Å². The summed E-state index contributed by atoms with van der Waals surface area (Å²) in [5.41, 5.74) is 0.958. The van der Waals surface area contributed by atoms with Gasteiger partial charge >= 0.3 is 0 Å². The first-order valence-corrected chi connectivity index (χ1v) is 12.7. The third kappa shape index (κ3) is 5.27. The largest absolute Gasteiger partial charge is 0.379 e. The molecule has 2 saturated heterocycles. The molecule has 4 rings (SSSR count). The van der Waals surface area contributed by atoms with E-state index >= 15 is 0 Å². The number of rotatable bonds is 7. The molecule has 0 unspecified atom stereocenters. The van der Waals surface area contributed by atoms with Gasteiger partial charge in [-0.25, -0.2) is 8.42 Å². The Hall–Kier alpha value is -1.98. The van der Waals surface area contributed by atoms with Crippen LogP contribution in [0.5, 0.6) is 0 Å². The first-order valence-electron chi connectivity index (χ1n) is 10.4. The maximum Gasteiger partial charge on any atom is 0.251 e. The minimum Gasteiger partial charge on any atom is -0.379 e. The van der Waals surface area contributed by atoms with E-state index in [1.54, 1.807) is 23.5 Å². The number of hydrogen-bond acceptors (Lipinski definition) is 7. The van der Waals surface area contributed by atoms with Gasteiger partial charge in [-0.1, -0.05) is 6.07 Å². The normalized spacial score (nSPS) is 18.1. The zero-order valence-corrected chi connectivity index (χ0v) is 18.9. The SMILES string of the molecule is O=C(NCCc1cccs1)c1ccc(N2CCOCC2)c(S(=O)(=O)N2CCOCC2)c1. The minimum atomic E-state index is -3.76. The van der Waals surface area contributed by atoms with E-state index in [9.17, 15) is 13.2 Å². The second-order valence-corrected chi connectivity index (χ2v) is 10.3. The Kier molecular flexibility index (Phi) is 7.24. The van der Waals surface area contributed by atoms with Crippen LogP contribution in [-0.2, 0) is 25.9 Å². The van der Waals surface area contributed by atoms with Crippen molar-refractivity contribution in [2.75, 3.05) is 64.1 Å². The predicted octanol–water partition coefficient (Wildman–Crippen LogP) is 1.58. The van der Waals surface area contributed by atoms with Crippen molar-refractivity contribution in [2.45, 2.75) is 11.3 Å². The van der Waals surface area contributed by atoms with E-state index in [4.69, 9.17) is 9.47 Å². The molecule has 0 saturated carbocycles. The zero-order valence-electron chi connectivity index (χ0n) is 17.3. The number of anilines is 1. The molecule has 2 aliphatic rings. The van der Waals surface area contributed by atoms with Crippen LogP contribution < -0.4 is 10.2 Å². The molecule has 168 valence electrons. The highest BCUT2D eigenvalue weighted by molar-refractivity contribution is 7.89. The Morgan fingerprint density at radius 2 is 1.74 bits per heavy atom. The molecule has 2 fully saturated rings. The Balaban J connectivity index is 1.58. The summed E-state index contributed by atoms with van der Waals surface area (Å²) >= 11 is 1.65. The summed E-state index contributed by atoms with van der Waals surface area (Å²) in [6.07, 6.45) is 0.744. The summed E-state index contributed by atoms with van der Waals surface area (Å²) < 4.78 is 39.1. The van der Waals surface area contributed by atoms with Crippen LogP contribution in [-0.4, -0.2) is 77.8 Å². The zero-order chi connectivity index (χ0) is 21.7. The summed E-state index contributed by atoms with van der Waals surface area (Å²) in [4.78, 5) is 16.1. The Morgan fingerprint density at radius 1 is 1.03 bits per heavy atom. The highest BCUT2D eigenvalue weighted by Gasteiger charge is 2.31. The topological polar surface area (TPSA) is 88.2 Å². The molecule has 1 aromatic carbocycles. The van der Waals surface area contributed by atoms with Crippen molar-refractivity contribution in [1.29, 1.82) is 0 Å². The number of sulfonamides is 1. The van der Waals surface area contributed by atoms with Crippen LogP contribution in [0.4, 0.5) is 5.69 Å². The lowest BCUT2D eigenvalue weighted by Gasteiger charge is -2.32. The molecule has 31 heavy (non-hydrogen) atoms. The Bertz CT molecular complexity index is 982. The van der Waals surface area contributed by atoms with Crippen LogP contribution in [0.15, 0.2) is 40.6 Å². The number of nitrogens with one attached hydrogen (secondary N) is 1. The number of hydrogen-bond donors (Lipinski definition) is 1. The third-order valence-corrected chi connectivity index (χ3v) is 8.26. The number of thiophene rings is 1. The van der Waals surface area contributed by atoms with Gasteiger partial charge in [-0.3, -0.25) is 4.79 Å². The molecule has 1 N–H and O–H groups in total. The molecule has 2 aliphatic heterocycles. The number of ether oxygens (including phenoxy) is 2. The maximum atomic E-state index is 13.5. The number of morpholine rings is 2.